The predicted octanol–water partition coefficient (Wildman–Crippen LogP) is 0.526. The van der Waals surface area contributed by atoms with Gasteiger partial charge in [0.05, 0.1) is 18.6 Å². The number of carbonyl (C=O) groups excluding carboxylic acids is 1. The van der Waals surface area contributed by atoms with Gasteiger partial charge in [-0.15, -0.1) is 0 Å². The Balaban J connectivity index is 2.88. The van der Waals surface area contributed by atoms with Gasteiger partial charge in [0.1, 0.15) is 6.10 Å². The van der Waals surface area contributed by atoms with Crippen LogP contribution in [0.25, 0.3) is 0 Å². The van der Waals surface area contributed by atoms with Crippen molar-refractivity contribution in [3.05, 3.63) is 35.4 Å². The average Bonchev–Trinajstić information content (AvgIpc) is 2.38. The van der Waals surface area contributed by atoms with E-state index in [2.05, 4.69) is 0 Å². The number of aliphatic hydroxyl groups is 2. The summed E-state index contributed by atoms with van der Waals surface area (Å²) in [5.74, 6) is -0.306. The molecule has 0 aromatic heterocycles. The average molecular weight is 248 g/mol. The van der Waals surface area contributed by atoms with E-state index in [-0.39, 0.29) is 25.2 Å². The van der Waals surface area contributed by atoms with Crippen LogP contribution < -0.4 is 5.73 Å². The lowest BCUT2D eigenvalue weighted by Gasteiger charge is -2.17. The molecule has 0 spiro atoms. The van der Waals surface area contributed by atoms with E-state index in [0.717, 1.165) is 0 Å². The number of nitriles is 1. The molecule has 0 aliphatic carbocycles. The van der Waals surface area contributed by atoms with Gasteiger partial charge in [-0.3, -0.25) is 4.79 Å². The van der Waals surface area contributed by atoms with Crippen LogP contribution >= 0.6 is 0 Å². The second-order valence-electron chi connectivity index (χ2n) is 3.97. The Labute approximate surface area is 105 Å². The fraction of sp³-hybridized carbons (Fsp3) is 0.385. The van der Waals surface area contributed by atoms with E-state index in [1.807, 2.05) is 0 Å². The van der Waals surface area contributed by atoms with Crippen LogP contribution in [0.2, 0.25) is 0 Å². The third-order valence-electron chi connectivity index (χ3n) is 2.62. The number of hydrogen-bond acceptors (Lipinski definition) is 5. The summed E-state index contributed by atoms with van der Waals surface area (Å²) in [5, 5.41) is 28.0. The third kappa shape index (κ3) is 3.64. The highest BCUT2D eigenvalue weighted by Crippen LogP contribution is 2.20. The summed E-state index contributed by atoms with van der Waals surface area (Å²) in [7, 11) is 0. The number of rotatable bonds is 6. The Bertz CT molecular complexity index is 454. The number of benzene rings is 1. The first-order chi connectivity index (χ1) is 8.60. The van der Waals surface area contributed by atoms with Gasteiger partial charge in [0.15, 0.2) is 5.78 Å². The summed E-state index contributed by atoms with van der Waals surface area (Å²) >= 11 is 0. The zero-order chi connectivity index (χ0) is 13.5. The van der Waals surface area contributed by atoms with Crippen molar-refractivity contribution < 1.29 is 15.0 Å². The number of Topliss-reactive ketones (excluding diaryl/α,β-unsaturated/α-hetero) is 1. The molecule has 0 saturated heterocycles. The fourth-order valence-corrected chi connectivity index (χ4v) is 1.62. The number of ketones is 1. The van der Waals surface area contributed by atoms with E-state index in [1.54, 1.807) is 24.3 Å². The smallest absolute Gasteiger partial charge is 0.176 e. The maximum atomic E-state index is 11.5. The molecule has 5 nitrogen and oxygen atoms in total. The zero-order valence-electron chi connectivity index (χ0n) is 9.91. The second kappa shape index (κ2) is 6.87. The fourth-order valence-electron chi connectivity index (χ4n) is 1.62. The zero-order valence-corrected chi connectivity index (χ0v) is 9.91. The third-order valence-corrected chi connectivity index (χ3v) is 2.62. The monoisotopic (exact) mass is 248 g/mol. The van der Waals surface area contributed by atoms with E-state index in [0.29, 0.717) is 11.1 Å². The van der Waals surface area contributed by atoms with Crippen molar-refractivity contribution >= 4 is 5.78 Å². The molecule has 0 bridgehead atoms. The lowest BCUT2D eigenvalue weighted by molar-refractivity contribution is 0.0150. The van der Waals surface area contributed by atoms with Gasteiger partial charge in [-0.05, 0) is 24.6 Å². The quantitative estimate of drug-likeness (QED) is 0.636. The normalized spacial score (nSPS) is 13.7. The topological polar surface area (TPSA) is 107 Å². The molecule has 1 rings (SSSR count). The number of nitrogens with two attached hydrogens (primary N) is 1. The molecule has 2 unspecified atom stereocenters. The van der Waals surface area contributed by atoms with Crippen LogP contribution in [0.3, 0.4) is 0 Å². The van der Waals surface area contributed by atoms with Gasteiger partial charge in [0.2, 0.25) is 0 Å². The van der Waals surface area contributed by atoms with Gasteiger partial charge < -0.3 is 15.9 Å². The van der Waals surface area contributed by atoms with Gasteiger partial charge in [-0.25, -0.2) is 0 Å². The van der Waals surface area contributed by atoms with Crippen molar-refractivity contribution in [3.63, 3.8) is 0 Å². The Morgan fingerprint density at radius 1 is 1.44 bits per heavy atom. The van der Waals surface area contributed by atoms with E-state index in [1.165, 1.54) is 6.07 Å². The Kier molecular flexibility index (Phi) is 5.46. The van der Waals surface area contributed by atoms with Crippen LogP contribution in [0.15, 0.2) is 24.3 Å². The lowest BCUT2D eigenvalue weighted by atomic mass is 9.98. The number of nitrogens with zero attached hydrogens (tertiary/aromatic N) is 1. The predicted molar refractivity (Wildman–Crippen MR) is 65.6 cm³/mol. The minimum Gasteiger partial charge on any atom is -0.390 e. The van der Waals surface area contributed by atoms with Crippen molar-refractivity contribution in [3.8, 4) is 6.07 Å². The molecule has 0 saturated carbocycles. The maximum absolute atomic E-state index is 11.5. The molecule has 0 amide bonds. The molecular formula is C13H16N2O3. The molecule has 0 aliphatic rings. The molecule has 4 N–H and O–H groups in total. The molecule has 0 fully saturated rings. The highest BCUT2D eigenvalue weighted by atomic mass is 16.3. The van der Waals surface area contributed by atoms with Gasteiger partial charge >= 0.3 is 0 Å². The molecular weight excluding hydrogens is 232 g/mol. The highest BCUT2D eigenvalue weighted by Gasteiger charge is 2.18. The van der Waals surface area contributed by atoms with Crippen molar-refractivity contribution in [2.45, 2.75) is 25.0 Å². The van der Waals surface area contributed by atoms with Crippen molar-refractivity contribution in [1.29, 1.82) is 5.26 Å². The molecule has 0 heterocycles. The molecule has 2 atom stereocenters. The summed E-state index contributed by atoms with van der Waals surface area (Å²) in [4.78, 5) is 11.5. The van der Waals surface area contributed by atoms with Crippen molar-refractivity contribution in [1.82, 2.24) is 0 Å². The molecule has 1 aromatic carbocycles. The van der Waals surface area contributed by atoms with Gasteiger partial charge in [0.25, 0.3) is 0 Å². The van der Waals surface area contributed by atoms with Crippen LogP contribution in [0.5, 0.6) is 0 Å². The molecule has 0 aliphatic heterocycles. The number of carbonyl (C=O) groups is 1. The molecule has 0 radical (unpaired) electrons. The van der Waals surface area contributed by atoms with Crippen LogP contribution in [-0.4, -0.2) is 28.6 Å². The van der Waals surface area contributed by atoms with Gasteiger partial charge in [-0.1, -0.05) is 18.2 Å². The summed E-state index contributed by atoms with van der Waals surface area (Å²) in [6.45, 7) is 0.269. The molecule has 96 valence electrons. The van der Waals surface area contributed by atoms with Crippen molar-refractivity contribution in [2.75, 3.05) is 6.54 Å². The SMILES string of the molecule is N#CCC(=O)c1cccc(C(O)C(O)CCN)c1. The van der Waals surface area contributed by atoms with E-state index >= 15 is 0 Å². The Morgan fingerprint density at radius 2 is 2.17 bits per heavy atom. The largest absolute Gasteiger partial charge is 0.390 e. The minimum absolute atomic E-state index is 0.203. The summed E-state index contributed by atoms with van der Waals surface area (Å²) in [6, 6.07) is 8.07. The van der Waals surface area contributed by atoms with Crippen molar-refractivity contribution in [2.24, 2.45) is 5.73 Å². The number of aliphatic hydroxyl groups excluding tert-OH is 2. The Hall–Kier alpha value is -1.74. The molecule has 18 heavy (non-hydrogen) atoms. The first-order valence-electron chi connectivity index (χ1n) is 5.66. The number of hydrogen-bond donors (Lipinski definition) is 3. The second-order valence-corrected chi connectivity index (χ2v) is 3.97. The first-order valence-corrected chi connectivity index (χ1v) is 5.66. The standard InChI is InChI=1S/C13H16N2O3/c14-6-4-11(16)9-2-1-3-10(8-9)13(18)12(17)5-7-15/h1-3,8,12-13,17-18H,4-5,7,15H2. The summed E-state index contributed by atoms with van der Waals surface area (Å²) < 4.78 is 0. The van der Waals surface area contributed by atoms with Gasteiger partial charge in [0, 0.05) is 5.56 Å². The van der Waals surface area contributed by atoms with Gasteiger partial charge in [-0.2, -0.15) is 5.26 Å². The van der Waals surface area contributed by atoms with E-state index < -0.39 is 12.2 Å². The molecule has 5 heteroatoms. The minimum atomic E-state index is -1.08. The van der Waals surface area contributed by atoms with E-state index in [9.17, 15) is 15.0 Å². The van der Waals surface area contributed by atoms with Crippen LogP contribution in [0.1, 0.15) is 34.9 Å². The van der Waals surface area contributed by atoms with Crippen LogP contribution in [0.4, 0.5) is 0 Å². The first kappa shape index (κ1) is 14.3. The highest BCUT2D eigenvalue weighted by molar-refractivity contribution is 5.97. The lowest BCUT2D eigenvalue weighted by Crippen LogP contribution is -2.22. The van der Waals surface area contributed by atoms with E-state index in [4.69, 9.17) is 11.0 Å². The van der Waals surface area contributed by atoms with Crippen LogP contribution in [0, 0.1) is 11.3 Å². The van der Waals surface area contributed by atoms with Crippen LogP contribution in [-0.2, 0) is 0 Å². The Morgan fingerprint density at radius 3 is 2.78 bits per heavy atom. The summed E-state index contributed by atoms with van der Waals surface area (Å²) in [5.41, 5.74) is 6.10. The molecule has 1 aromatic rings. The maximum Gasteiger partial charge on any atom is 0.176 e. The summed E-state index contributed by atoms with van der Waals surface area (Å²) in [6.07, 6.45) is -1.97.